The summed E-state index contributed by atoms with van der Waals surface area (Å²) in [5.74, 6) is 0.579. The van der Waals surface area contributed by atoms with Crippen LogP contribution in [-0.2, 0) is 7.05 Å². The molecule has 0 spiro atoms. The normalized spacial score (nSPS) is 18.7. The maximum atomic E-state index is 4.51. The molecule has 3 aromatic heterocycles. The highest BCUT2D eigenvalue weighted by Crippen LogP contribution is 2.37. The van der Waals surface area contributed by atoms with E-state index in [2.05, 4.69) is 45.7 Å². The van der Waals surface area contributed by atoms with Gasteiger partial charge in [-0.2, -0.15) is 5.10 Å². The van der Waals surface area contributed by atoms with E-state index in [0.29, 0.717) is 5.92 Å². The van der Waals surface area contributed by atoms with E-state index in [0.717, 1.165) is 17.6 Å². The maximum Gasteiger partial charge on any atom is 0.138 e. The Morgan fingerprint density at radius 1 is 1.32 bits per heavy atom. The van der Waals surface area contributed by atoms with Gasteiger partial charge < -0.3 is 4.98 Å². The highest BCUT2D eigenvalue weighted by atomic mass is 15.2. The third-order valence-corrected chi connectivity index (χ3v) is 4.57. The number of aromatic amines is 1. The molecular formula is C18H20N4. The summed E-state index contributed by atoms with van der Waals surface area (Å²) in [7, 11) is 1.95. The first-order chi connectivity index (χ1) is 10.8. The number of fused-ring (bicyclic) bond motifs is 1. The molecular weight excluding hydrogens is 272 g/mol. The Kier molecular flexibility index (Phi) is 3.29. The standard InChI is InChI=1S/C18H20N4/c1-22-12-14(10-21-22)16-11-20-18-17(16)15(8-9-19-18)13-6-4-2-3-5-7-13/h2,4,8-13H,3,5-7H2,1H3,(H,19,20). The highest BCUT2D eigenvalue weighted by molar-refractivity contribution is 5.96. The van der Waals surface area contributed by atoms with E-state index in [1.165, 1.54) is 35.8 Å². The van der Waals surface area contributed by atoms with E-state index in [4.69, 9.17) is 0 Å². The van der Waals surface area contributed by atoms with E-state index in [9.17, 15) is 0 Å². The Hall–Kier alpha value is -2.36. The fraction of sp³-hybridized carbons (Fsp3) is 0.333. The molecule has 1 atom stereocenters. The molecule has 0 fully saturated rings. The van der Waals surface area contributed by atoms with Crippen LogP contribution >= 0.6 is 0 Å². The SMILES string of the molecule is Cn1cc(-c2c[nH]c3nccc(C4CC=CCCC4)c23)cn1. The van der Waals surface area contributed by atoms with E-state index < -0.39 is 0 Å². The average Bonchev–Trinajstić information content (AvgIpc) is 3.04. The van der Waals surface area contributed by atoms with Gasteiger partial charge in [0, 0.05) is 42.2 Å². The van der Waals surface area contributed by atoms with E-state index in [1.807, 2.05) is 24.1 Å². The van der Waals surface area contributed by atoms with Crippen molar-refractivity contribution < 1.29 is 0 Å². The second kappa shape index (κ2) is 5.44. The molecule has 3 aromatic rings. The number of aromatic nitrogens is 4. The zero-order valence-electron chi connectivity index (χ0n) is 12.8. The van der Waals surface area contributed by atoms with E-state index in [-0.39, 0.29) is 0 Å². The van der Waals surface area contributed by atoms with Crippen molar-refractivity contribution in [3.8, 4) is 11.1 Å². The summed E-state index contributed by atoms with van der Waals surface area (Å²) in [5, 5.41) is 5.57. The van der Waals surface area contributed by atoms with Crippen molar-refractivity contribution in [2.45, 2.75) is 31.6 Å². The van der Waals surface area contributed by atoms with Crippen LogP contribution in [-0.4, -0.2) is 19.7 Å². The summed E-state index contributed by atoms with van der Waals surface area (Å²) in [6.45, 7) is 0. The molecule has 0 radical (unpaired) electrons. The Balaban J connectivity index is 1.87. The van der Waals surface area contributed by atoms with Gasteiger partial charge in [0.2, 0.25) is 0 Å². The van der Waals surface area contributed by atoms with Crippen molar-refractivity contribution >= 4 is 11.0 Å². The molecule has 0 saturated carbocycles. The molecule has 22 heavy (non-hydrogen) atoms. The first-order valence-electron chi connectivity index (χ1n) is 7.93. The van der Waals surface area contributed by atoms with Gasteiger partial charge in [-0.3, -0.25) is 4.68 Å². The van der Waals surface area contributed by atoms with Crippen molar-refractivity contribution in [1.29, 1.82) is 0 Å². The molecule has 112 valence electrons. The molecule has 0 amide bonds. The third-order valence-electron chi connectivity index (χ3n) is 4.57. The zero-order chi connectivity index (χ0) is 14.9. The Morgan fingerprint density at radius 2 is 2.27 bits per heavy atom. The number of allylic oxidation sites excluding steroid dienone is 2. The molecule has 3 heterocycles. The van der Waals surface area contributed by atoms with Gasteiger partial charge in [-0.15, -0.1) is 0 Å². The fourth-order valence-electron chi connectivity index (χ4n) is 3.47. The first-order valence-corrected chi connectivity index (χ1v) is 7.93. The van der Waals surface area contributed by atoms with Gasteiger partial charge in [-0.25, -0.2) is 4.98 Å². The van der Waals surface area contributed by atoms with Crippen molar-refractivity contribution in [1.82, 2.24) is 19.7 Å². The number of hydrogen-bond acceptors (Lipinski definition) is 2. The number of nitrogens with zero attached hydrogens (tertiary/aromatic N) is 3. The van der Waals surface area contributed by atoms with Crippen LogP contribution in [0.3, 0.4) is 0 Å². The topological polar surface area (TPSA) is 46.5 Å². The fourth-order valence-corrected chi connectivity index (χ4v) is 3.47. The zero-order valence-corrected chi connectivity index (χ0v) is 12.8. The predicted molar refractivity (Wildman–Crippen MR) is 88.6 cm³/mol. The van der Waals surface area contributed by atoms with Crippen LogP contribution in [0, 0.1) is 0 Å². The van der Waals surface area contributed by atoms with Gasteiger partial charge in [0.25, 0.3) is 0 Å². The molecule has 1 N–H and O–H groups in total. The lowest BCUT2D eigenvalue weighted by molar-refractivity contribution is 0.622. The van der Waals surface area contributed by atoms with E-state index >= 15 is 0 Å². The minimum absolute atomic E-state index is 0.579. The summed E-state index contributed by atoms with van der Waals surface area (Å²) in [6.07, 6.45) is 17.4. The molecule has 4 nitrogen and oxygen atoms in total. The van der Waals surface area contributed by atoms with Crippen LogP contribution in [0.15, 0.2) is 43.0 Å². The quantitative estimate of drug-likeness (QED) is 0.720. The van der Waals surface area contributed by atoms with Crippen LogP contribution in [0.25, 0.3) is 22.2 Å². The molecule has 0 bridgehead atoms. The largest absolute Gasteiger partial charge is 0.346 e. The number of rotatable bonds is 2. The lowest BCUT2D eigenvalue weighted by Gasteiger charge is -2.15. The summed E-state index contributed by atoms with van der Waals surface area (Å²) >= 11 is 0. The smallest absolute Gasteiger partial charge is 0.138 e. The maximum absolute atomic E-state index is 4.51. The van der Waals surface area contributed by atoms with Crippen molar-refractivity contribution in [2.75, 3.05) is 0 Å². The highest BCUT2D eigenvalue weighted by Gasteiger charge is 2.19. The number of pyridine rings is 1. The monoisotopic (exact) mass is 292 g/mol. The molecule has 1 aliphatic carbocycles. The molecule has 4 heteroatoms. The summed E-state index contributed by atoms with van der Waals surface area (Å²) < 4.78 is 1.85. The van der Waals surface area contributed by atoms with Crippen molar-refractivity contribution in [3.05, 3.63) is 48.6 Å². The Morgan fingerprint density at radius 3 is 3.14 bits per heavy atom. The minimum Gasteiger partial charge on any atom is -0.346 e. The van der Waals surface area contributed by atoms with Crippen LogP contribution in [0.2, 0.25) is 0 Å². The second-order valence-corrected chi connectivity index (χ2v) is 6.06. The van der Waals surface area contributed by atoms with Crippen LogP contribution in [0.1, 0.15) is 37.2 Å². The predicted octanol–water partition coefficient (Wildman–Crippen LogP) is 4.18. The first kappa shape index (κ1) is 13.3. The third kappa shape index (κ3) is 2.25. The van der Waals surface area contributed by atoms with E-state index in [1.54, 1.807) is 0 Å². The molecule has 4 rings (SSSR count). The lowest BCUT2D eigenvalue weighted by atomic mass is 9.89. The second-order valence-electron chi connectivity index (χ2n) is 6.06. The van der Waals surface area contributed by atoms with Gasteiger partial charge >= 0.3 is 0 Å². The summed E-state index contributed by atoms with van der Waals surface area (Å²) in [5.41, 5.74) is 4.74. The number of hydrogen-bond donors (Lipinski definition) is 1. The van der Waals surface area contributed by atoms with Crippen LogP contribution < -0.4 is 0 Å². The molecule has 1 aliphatic rings. The molecule has 1 unspecified atom stereocenters. The van der Waals surface area contributed by atoms with Gasteiger partial charge in [-0.05, 0) is 43.2 Å². The van der Waals surface area contributed by atoms with Gasteiger partial charge in [0.05, 0.1) is 6.20 Å². The molecule has 0 aliphatic heterocycles. The Labute approximate surface area is 129 Å². The number of nitrogens with one attached hydrogen (secondary N) is 1. The summed E-state index contributed by atoms with van der Waals surface area (Å²) in [6, 6.07) is 2.19. The lowest BCUT2D eigenvalue weighted by Crippen LogP contribution is -1.98. The van der Waals surface area contributed by atoms with Crippen LogP contribution in [0.4, 0.5) is 0 Å². The summed E-state index contributed by atoms with van der Waals surface area (Å²) in [4.78, 5) is 7.84. The average molecular weight is 292 g/mol. The van der Waals surface area contributed by atoms with Crippen LogP contribution in [0.5, 0.6) is 0 Å². The number of aryl methyl sites for hydroxylation is 1. The minimum atomic E-state index is 0.579. The van der Waals surface area contributed by atoms with Gasteiger partial charge in [0.15, 0.2) is 0 Å². The number of H-pyrrole nitrogens is 1. The van der Waals surface area contributed by atoms with Crippen molar-refractivity contribution in [3.63, 3.8) is 0 Å². The molecule has 0 saturated heterocycles. The molecule has 0 aromatic carbocycles. The van der Waals surface area contributed by atoms with Crippen molar-refractivity contribution in [2.24, 2.45) is 7.05 Å². The Bertz CT molecular complexity index is 825. The van der Waals surface area contributed by atoms with Gasteiger partial charge in [-0.1, -0.05) is 12.2 Å². The van der Waals surface area contributed by atoms with Gasteiger partial charge in [0.1, 0.15) is 5.65 Å².